The van der Waals surface area contributed by atoms with Gasteiger partial charge in [-0.15, -0.1) is 0 Å². The van der Waals surface area contributed by atoms with Crippen LogP contribution in [0.1, 0.15) is 65.7 Å². The van der Waals surface area contributed by atoms with Gasteiger partial charge in [-0.25, -0.2) is 4.79 Å². The SMILES string of the molecule is CC(C)(C)OC(=O)N1CCCC[C@@H]1[C@H]1CCC[C@@H](N)C1. The number of carbonyl (C=O) groups excluding carboxylic acids is 1. The van der Waals surface area contributed by atoms with Gasteiger partial charge in [-0.3, -0.25) is 0 Å². The Morgan fingerprint density at radius 3 is 2.55 bits per heavy atom. The van der Waals surface area contributed by atoms with E-state index in [9.17, 15) is 4.79 Å². The molecular formula is C16H30N2O2. The average Bonchev–Trinajstić information content (AvgIpc) is 2.37. The van der Waals surface area contributed by atoms with E-state index in [4.69, 9.17) is 10.5 Å². The summed E-state index contributed by atoms with van der Waals surface area (Å²) in [6.45, 7) is 6.63. The fourth-order valence-corrected chi connectivity index (χ4v) is 3.61. The van der Waals surface area contributed by atoms with E-state index in [0.29, 0.717) is 18.0 Å². The molecule has 0 bridgehead atoms. The van der Waals surface area contributed by atoms with Crippen molar-refractivity contribution in [2.45, 2.75) is 83.4 Å². The van der Waals surface area contributed by atoms with Gasteiger partial charge in [0.25, 0.3) is 0 Å². The van der Waals surface area contributed by atoms with Crippen LogP contribution in [0, 0.1) is 5.92 Å². The van der Waals surface area contributed by atoms with E-state index >= 15 is 0 Å². The lowest BCUT2D eigenvalue weighted by atomic mass is 9.78. The van der Waals surface area contributed by atoms with Crippen LogP contribution in [0.15, 0.2) is 0 Å². The van der Waals surface area contributed by atoms with Gasteiger partial charge in [-0.1, -0.05) is 6.42 Å². The molecule has 0 radical (unpaired) electrons. The molecule has 1 heterocycles. The molecular weight excluding hydrogens is 252 g/mol. The van der Waals surface area contributed by atoms with Crippen molar-refractivity contribution in [1.29, 1.82) is 0 Å². The van der Waals surface area contributed by atoms with Crippen LogP contribution in [-0.2, 0) is 4.74 Å². The van der Waals surface area contributed by atoms with Crippen LogP contribution in [0.5, 0.6) is 0 Å². The number of ether oxygens (including phenoxy) is 1. The molecule has 1 aliphatic heterocycles. The van der Waals surface area contributed by atoms with Gasteiger partial charge in [-0.05, 0) is 65.2 Å². The molecule has 2 aliphatic rings. The maximum absolute atomic E-state index is 12.4. The number of hydrogen-bond donors (Lipinski definition) is 1. The van der Waals surface area contributed by atoms with Crippen molar-refractivity contribution in [3.05, 3.63) is 0 Å². The van der Waals surface area contributed by atoms with Crippen LogP contribution >= 0.6 is 0 Å². The number of piperidine rings is 1. The van der Waals surface area contributed by atoms with Crippen molar-refractivity contribution in [2.75, 3.05) is 6.54 Å². The highest BCUT2D eigenvalue weighted by Crippen LogP contribution is 2.34. The van der Waals surface area contributed by atoms with Gasteiger partial charge in [-0.2, -0.15) is 0 Å². The van der Waals surface area contributed by atoms with Crippen molar-refractivity contribution >= 4 is 6.09 Å². The highest BCUT2D eigenvalue weighted by atomic mass is 16.6. The number of likely N-dealkylation sites (tertiary alicyclic amines) is 1. The third-order valence-electron chi connectivity index (χ3n) is 4.48. The Morgan fingerprint density at radius 1 is 1.15 bits per heavy atom. The molecule has 2 rings (SSSR count). The molecule has 3 atom stereocenters. The molecule has 20 heavy (non-hydrogen) atoms. The monoisotopic (exact) mass is 282 g/mol. The van der Waals surface area contributed by atoms with E-state index in [2.05, 4.69) is 0 Å². The predicted molar refractivity (Wildman–Crippen MR) is 80.5 cm³/mol. The molecule has 0 unspecified atom stereocenters. The van der Waals surface area contributed by atoms with Gasteiger partial charge in [0.2, 0.25) is 0 Å². The molecule has 0 spiro atoms. The number of hydrogen-bond acceptors (Lipinski definition) is 3. The fraction of sp³-hybridized carbons (Fsp3) is 0.938. The van der Waals surface area contributed by atoms with Gasteiger partial charge < -0.3 is 15.4 Å². The van der Waals surface area contributed by atoms with Crippen LogP contribution in [0.2, 0.25) is 0 Å². The summed E-state index contributed by atoms with van der Waals surface area (Å²) in [5, 5.41) is 0. The van der Waals surface area contributed by atoms with E-state index in [-0.39, 0.29) is 6.09 Å². The fourth-order valence-electron chi connectivity index (χ4n) is 3.61. The normalized spacial score (nSPS) is 32.0. The van der Waals surface area contributed by atoms with E-state index in [0.717, 1.165) is 32.2 Å². The summed E-state index contributed by atoms with van der Waals surface area (Å²) in [5.74, 6) is 0.562. The third kappa shape index (κ3) is 4.11. The average molecular weight is 282 g/mol. The smallest absolute Gasteiger partial charge is 0.410 e. The molecule has 1 saturated carbocycles. The Balaban J connectivity index is 2.02. The molecule has 2 N–H and O–H groups in total. The second kappa shape index (κ2) is 6.33. The Bertz CT molecular complexity index is 338. The molecule has 2 fully saturated rings. The maximum atomic E-state index is 12.4. The first-order valence-corrected chi connectivity index (χ1v) is 8.12. The van der Waals surface area contributed by atoms with Gasteiger partial charge >= 0.3 is 6.09 Å². The van der Waals surface area contributed by atoms with E-state index in [1.54, 1.807) is 0 Å². The Hall–Kier alpha value is -0.770. The molecule has 0 aromatic rings. The zero-order valence-corrected chi connectivity index (χ0v) is 13.2. The van der Waals surface area contributed by atoms with Crippen LogP contribution in [0.4, 0.5) is 4.79 Å². The van der Waals surface area contributed by atoms with Crippen molar-refractivity contribution < 1.29 is 9.53 Å². The van der Waals surface area contributed by atoms with E-state index in [1.807, 2.05) is 25.7 Å². The number of nitrogens with two attached hydrogens (primary N) is 1. The number of rotatable bonds is 1. The summed E-state index contributed by atoms with van der Waals surface area (Å²) in [7, 11) is 0. The van der Waals surface area contributed by atoms with Crippen molar-refractivity contribution in [3.63, 3.8) is 0 Å². The maximum Gasteiger partial charge on any atom is 0.410 e. The van der Waals surface area contributed by atoms with Gasteiger partial charge in [0.1, 0.15) is 5.60 Å². The van der Waals surface area contributed by atoms with E-state index in [1.165, 1.54) is 19.3 Å². The Labute approximate surface area is 123 Å². The first-order valence-electron chi connectivity index (χ1n) is 8.12. The van der Waals surface area contributed by atoms with Crippen LogP contribution < -0.4 is 5.73 Å². The topological polar surface area (TPSA) is 55.6 Å². The molecule has 1 amide bonds. The standard InChI is InChI=1S/C16H30N2O2/c1-16(2,3)20-15(19)18-10-5-4-9-14(18)12-7-6-8-13(17)11-12/h12-14H,4-11,17H2,1-3H3/t12-,13+,14+/m0/s1. The minimum absolute atomic E-state index is 0.138. The Kier molecular flexibility index (Phi) is 4.95. The first kappa shape index (κ1) is 15.6. The zero-order chi connectivity index (χ0) is 14.8. The van der Waals surface area contributed by atoms with E-state index < -0.39 is 5.60 Å². The summed E-state index contributed by atoms with van der Waals surface area (Å²) >= 11 is 0. The number of nitrogens with zero attached hydrogens (tertiary/aromatic N) is 1. The van der Waals surface area contributed by atoms with Crippen LogP contribution in [0.25, 0.3) is 0 Å². The lowest BCUT2D eigenvalue weighted by molar-refractivity contribution is -0.00234. The van der Waals surface area contributed by atoms with Crippen LogP contribution in [0.3, 0.4) is 0 Å². The van der Waals surface area contributed by atoms with Crippen molar-refractivity contribution in [2.24, 2.45) is 11.7 Å². The second-order valence-electron chi connectivity index (χ2n) is 7.42. The minimum atomic E-state index is -0.415. The largest absolute Gasteiger partial charge is 0.444 e. The summed E-state index contributed by atoms with van der Waals surface area (Å²) in [5.41, 5.74) is 5.71. The molecule has 0 aromatic carbocycles. The lowest BCUT2D eigenvalue weighted by Gasteiger charge is -2.43. The molecule has 1 aliphatic carbocycles. The van der Waals surface area contributed by atoms with Crippen LogP contribution in [-0.4, -0.2) is 35.2 Å². The number of amides is 1. The van der Waals surface area contributed by atoms with Crippen molar-refractivity contribution in [1.82, 2.24) is 4.90 Å². The van der Waals surface area contributed by atoms with Gasteiger partial charge in [0.15, 0.2) is 0 Å². The Morgan fingerprint density at radius 2 is 1.90 bits per heavy atom. The van der Waals surface area contributed by atoms with Crippen molar-refractivity contribution in [3.8, 4) is 0 Å². The third-order valence-corrected chi connectivity index (χ3v) is 4.48. The summed E-state index contributed by atoms with van der Waals surface area (Å²) in [6.07, 6.45) is 7.88. The molecule has 1 saturated heterocycles. The summed E-state index contributed by atoms with van der Waals surface area (Å²) in [6, 6.07) is 0.654. The molecule has 4 nitrogen and oxygen atoms in total. The quantitative estimate of drug-likeness (QED) is 0.803. The second-order valence-corrected chi connectivity index (χ2v) is 7.42. The first-order chi connectivity index (χ1) is 9.37. The van der Waals surface area contributed by atoms with Gasteiger partial charge in [0, 0.05) is 18.6 Å². The lowest BCUT2D eigenvalue weighted by Crippen LogP contribution is -2.51. The zero-order valence-electron chi connectivity index (χ0n) is 13.2. The predicted octanol–water partition coefficient (Wildman–Crippen LogP) is 3.29. The molecule has 116 valence electrons. The number of carbonyl (C=O) groups is 1. The minimum Gasteiger partial charge on any atom is -0.444 e. The molecule has 0 aromatic heterocycles. The highest BCUT2D eigenvalue weighted by Gasteiger charge is 2.36. The summed E-state index contributed by atoms with van der Waals surface area (Å²) < 4.78 is 5.58. The van der Waals surface area contributed by atoms with Gasteiger partial charge in [0.05, 0.1) is 0 Å². The highest BCUT2D eigenvalue weighted by molar-refractivity contribution is 5.68. The molecule has 4 heteroatoms. The summed E-state index contributed by atoms with van der Waals surface area (Å²) in [4.78, 5) is 14.4.